The third kappa shape index (κ3) is 8.14. The molecule has 0 bridgehead atoms. The molecular weight excluding hydrogens is 505 g/mol. The molecule has 8 heteroatoms. The predicted octanol–water partition coefficient (Wildman–Crippen LogP) is 3.56. The van der Waals surface area contributed by atoms with Crippen LogP contribution in [0.5, 0.6) is 0 Å². The van der Waals surface area contributed by atoms with Crippen molar-refractivity contribution >= 4 is 36.0 Å². The third-order valence-electron chi connectivity index (χ3n) is 6.18. The number of benzene rings is 1. The SMILES string of the molecule is CCOC(=O)N1CCC(NC(N)=NCc2ccccc2CN2CCC(C)CC2)CC1.I. The molecule has 0 unspecified atom stereocenters. The summed E-state index contributed by atoms with van der Waals surface area (Å²) in [5.41, 5.74) is 8.74. The van der Waals surface area contributed by atoms with Crippen LogP contribution < -0.4 is 11.1 Å². The van der Waals surface area contributed by atoms with Gasteiger partial charge in [0.25, 0.3) is 0 Å². The lowest BCUT2D eigenvalue weighted by Crippen LogP contribution is -2.48. The number of amides is 1. The van der Waals surface area contributed by atoms with Crippen LogP contribution in [0.15, 0.2) is 29.3 Å². The molecule has 0 spiro atoms. The summed E-state index contributed by atoms with van der Waals surface area (Å²) < 4.78 is 5.07. The minimum absolute atomic E-state index is 0. The van der Waals surface area contributed by atoms with Crippen molar-refractivity contribution in [1.82, 2.24) is 15.1 Å². The van der Waals surface area contributed by atoms with Gasteiger partial charge in [0.05, 0.1) is 13.2 Å². The lowest BCUT2D eigenvalue weighted by atomic mass is 9.98. The average Bonchev–Trinajstić information content (AvgIpc) is 2.75. The van der Waals surface area contributed by atoms with Gasteiger partial charge in [-0.05, 0) is 62.7 Å². The van der Waals surface area contributed by atoms with Crippen molar-refractivity contribution in [2.45, 2.75) is 58.7 Å². The average molecular weight is 543 g/mol. The molecular formula is C23H38IN5O2. The van der Waals surface area contributed by atoms with Gasteiger partial charge in [-0.3, -0.25) is 4.90 Å². The van der Waals surface area contributed by atoms with Crippen molar-refractivity contribution in [1.29, 1.82) is 0 Å². The van der Waals surface area contributed by atoms with Crippen molar-refractivity contribution in [2.24, 2.45) is 16.6 Å². The van der Waals surface area contributed by atoms with E-state index in [2.05, 4.69) is 46.4 Å². The van der Waals surface area contributed by atoms with Crippen LogP contribution in [0.3, 0.4) is 0 Å². The molecule has 1 aromatic carbocycles. The molecule has 0 radical (unpaired) electrons. The zero-order valence-electron chi connectivity index (χ0n) is 18.9. The van der Waals surface area contributed by atoms with Gasteiger partial charge in [0.15, 0.2) is 5.96 Å². The first-order valence-corrected chi connectivity index (χ1v) is 11.3. The summed E-state index contributed by atoms with van der Waals surface area (Å²) in [5.74, 6) is 1.32. The number of likely N-dealkylation sites (tertiary alicyclic amines) is 2. The second-order valence-electron chi connectivity index (χ2n) is 8.53. The van der Waals surface area contributed by atoms with Gasteiger partial charge >= 0.3 is 6.09 Å². The van der Waals surface area contributed by atoms with E-state index in [9.17, 15) is 4.79 Å². The van der Waals surface area contributed by atoms with Crippen LogP contribution in [-0.2, 0) is 17.8 Å². The van der Waals surface area contributed by atoms with Gasteiger partial charge in [-0.2, -0.15) is 0 Å². The smallest absolute Gasteiger partial charge is 0.409 e. The van der Waals surface area contributed by atoms with E-state index < -0.39 is 0 Å². The Morgan fingerprint density at radius 2 is 1.77 bits per heavy atom. The van der Waals surface area contributed by atoms with E-state index in [1.54, 1.807) is 4.90 Å². The van der Waals surface area contributed by atoms with Crippen molar-refractivity contribution < 1.29 is 9.53 Å². The Balaban J connectivity index is 0.00000341. The van der Waals surface area contributed by atoms with Crippen LogP contribution in [0.2, 0.25) is 0 Å². The summed E-state index contributed by atoms with van der Waals surface area (Å²) in [7, 11) is 0. The van der Waals surface area contributed by atoms with Crippen LogP contribution in [0, 0.1) is 5.92 Å². The Morgan fingerprint density at radius 3 is 2.42 bits per heavy atom. The van der Waals surface area contributed by atoms with Crippen LogP contribution >= 0.6 is 24.0 Å². The summed E-state index contributed by atoms with van der Waals surface area (Å²) in [6.45, 7) is 9.86. The van der Waals surface area contributed by atoms with E-state index in [0.29, 0.717) is 32.2 Å². The number of carbonyl (C=O) groups excluding carboxylic acids is 1. The maximum absolute atomic E-state index is 11.8. The zero-order chi connectivity index (χ0) is 21.3. The van der Waals surface area contributed by atoms with Gasteiger partial charge in [-0.1, -0.05) is 31.2 Å². The summed E-state index contributed by atoms with van der Waals surface area (Å²) in [4.78, 5) is 20.7. The van der Waals surface area contributed by atoms with Crippen LogP contribution in [0.25, 0.3) is 0 Å². The van der Waals surface area contributed by atoms with Crippen LogP contribution in [0.4, 0.5) is 4.79 Å². The highest BCUT2D eigenvalue weighted by Gasteiger charge is 2.23. The second-order valence-corrected chi connectivity index (χ2v) is 8.53. The number of nitrogens with two attached hydrogens (primary N) is 1. The standard InChI is InChI=1S/C23H37N5O2.HI/c1-3-30-23(29)28-14-10-21(11-15-28)26-22(24)25-16-19-6-4-5-7-20(19)17-27-12-8-18(2)9-13-27;/h4-7,18,21H,3,8-17H2,1-2H3,(H3,24,25,26);1H. The molecule has 31 heavy (non-hydrogen) atoms. The first-order valence-electron chi connectivity index (χ1n) is 11.3. The maximum atomic E-state index is 11.8. The number of aliphatic imine (C=N–C) groups is 1. The molecule has 3 rings (SSSR count). The molecule has 1 amide bonds. The fraction of sp³-hybridized carbons (Fsp3) is 0.652. The molecule has 2 fully saturated rings. The Kier molecular flexibility index (Phi) is 10.9. The molecule has 1 aromatic rings. The van der Waals surface area contributed by atoms with Gasteiger partial charge in [0.2, 0.25) is 0 Å². The number of guanidine groups is 1. The second kappa shape index (κ2) is 13.1. The molecule has 174 valence electrons. The lowest BCUT2D eigenvalue weighted by Gasteiger charge is -2.31. The van der Waals surface area contributed by atoms with Crippen molar-refractivity contribution in [3.05, 3.63) is 35.4 Å². The number of hydrogen-bond donors (Lipinski definition) is 2. The molecule has 0 saturated carbocycles. The van der Waals surface area contributed by atoms with Crippen molar-refractivity contribution in [3.63, 3.8) is 0 Å². The quantitative estimate of drug-likeness (QED) is 0.326. The molecule has 2 aliphatic rings. The van der Waals surface area contributed by atoms with E-state index in [-0.39, 0.29) is 36.1 Å². The number of piperidine rings is 2. The molecule has 2 heterocycles. The number of hydrogen-bond acceptors (Lipinski definition) is 4. The van der Waals surface area contributed by atoms with Crippen LogP contribution in [-0.4, -0.2) is 60.7 Å². The third-order valence-corrected chi connectivity index (χ3v) is 6.18. The van der Waals surface area contributed by atoms with E-state index >= 15 is 0 Å². The Morgan fingerprint density at radius 1 is 1.13 bits per heavy atom. The fourth-order valence-electron chi connectivity index (χ4n) is 4.17. The Bertz CT molecular complexity index is 714. The zero-order valence-corrected chi connectivity index (χ0v) is 21.2. The number of carbonyl (C=O) groups is 1. The van der Waals surface area contributed by atoms with E-state index in [1.165, 1.54) is 37.1 Å². The number of halogens is 1. The fourth-order valence-corrected chi connectivity index (χ4v) is 4.17. The van der Waals surface area contributed by atoms with E-state index in [0.717, 1.165) is 25.3 Å². The summed E-state index contributed by atoms with van der Waals surface area (Å²) in [6, 6.07) is 8.77. The molecule has 7 nitrogen and oxygen atoms in total. The molecule has 3 N–H and O–H groups in total. The highest BCUT2D eigenvalue weighted by atomic mass is 127. The maximum Gasteiger partial charge on any atom is 0.409 e. The van der Waals surface area contributed by atoms with Gasteiger partial charge in [0.1, 0.15) is 0 Å². The summed E-state index contributed by atoms with van der Waals surface area (Å²) in [6.07, 6.45) is 4.04. The number of rotatable bonds is 6. The normalized spacial score (nSPS) is 19.0. The Hall–Kier alpha value is -1.55. The van der Waals surface area contributed by atoms with E-state index in [4.69, 9.17) is 10.5 Å². The van der Waals surface area contributed by atoms with Gasteiger partial charge < -0.3 is 20.7 Å². The molecule has 0 aromatic heterocycles. The predicted molar refractivity (Wildman–Crippen MR) is 136 cm³/mol. The summed E-state index contributed by atoms with van der Waals surface area (Å²) in [5, 5.41) is 3.32. The number of ether oxygens (including phenoxy) is 1. The van der Waals surface area contributed by atoms with Crippen molar-refractivity contribution in [3.8, 4) is 0 Å². The first kappa shape index (κ1) is 25.7. The highest BCUT2D eigenvalue weighted by Crippen LogP contribution is 2.20. The topological polar surface area (TPSA) is 83.2 Å². The number of nitrogens with one attached hydrogen (secondary N) is 1. The largest absolute Gasteiger partial charge is 0.450 e. The van der Waals surface area contributed by atoms with Gasteiger partial charge in [0, 0.05) is 25.7 Å². The molecule has 2 saturated heterocycles. The van der Waals surface area contributed by atoms with Crippen LogP contribution in [0.1, 0.15) is 50.7 Å². The first-order chi connectivity index (χ1) is 14.5. The monoisotopic (exact) mass is 543 g/mol. The van der Waals surface area contributed by atoms with E-state index in [1.807, 2.05) is 6.92 Å². The Labute approximate surface area is 203 Å². The molecule has 0 aliphatic carbocycles. The molecule has 2 aliphatic heterocycles. The number of nitrogens with zero attached hydrogens (tertiary/aromatic N) is 3. The van der Waals surface area contributed by atoms with Gasteiger partial charge in [-0.15, -0.1) is 24.0 Å². The molecule has 0 atom stereocenters. The minimum Gasteiger partial charge on any atom is -0.450 e. The summed E-state index contributed by atoms with van der Waals surface area (Å²) >= 11 is 0. The lowest BCUT2D eigenvalue weighted by molar-refractivity contribution is 0.0963. The van der Waals surface area contributed by atoms with Gasteiger partial charge in [-0.25, -0.2) is 9.79 Å². The highest BCUT2D eigenvalue weighted by molar-refractivity contribution is 14.0. The minimum atomic E-state index is -0.225. The van der Waals surface area contributed by atoms with Crippen molar-refractivity contribution in [2.75, 3.05) is 32.8 Å².